The Morgan fingerprint density at radius 2 is 2.00 bits per heavy atom. The van der Waals surface area contributed by atoms with E-state index in [4.69, 9.17) is 0 Å². The average Bonchev–Trinajstić information content (AvgIpc) is 2.37. The first-order valence-electron chi connectivity index (χ1n) is 6.64. The van der Waals surface area contributed by atoms with Gasteiger partial charge in [0.2, 0.25) is 0 Å². The van der Waals surface area contributed by atoms with Crippen LogP contribution in [0, 0.1) is 24.0 Å². The molecule has 0 unspecified atom stereocenters. The minimum absolute atomic E-state index is 0.0836. The predicted octanol–water partition coefficient (Wildman–Crippen LogP) is 4.19. The van der Waals surface area contributed by atoms with Gasteiger partial charge < -0.3 is 5.32 Å². The number of aromatic nitrogens is 1. The van der Waals surface area contributed by atoms with Crippen molar-refractivity contribution in [2.75, 3.05) is 11.9 Å². The molecule has 1 N–H and O–H groups in total. The number of anilines is 1. The maximum atomic E-state index is 11.0. The maximum absolute atomic E-state index is 11.0. The Bertz CT molecular complexity index is 654. The molecule has 0 saturated carbocycles. The van der Waals surface area contributed by atoms with Gasteiger partial charge in [0.1, 0.15) is 5.03 Å². The molecule has 0 spiro atoms. The van der Waals surface area contributed by atoms with E-state index in [2.05, 4.69) is 10.3 Å². The molecule has 0 radical (unpaired) electrons. The number of pyridine rings is 1. The number of non-ortho nitro benzene ring substituents is 1. The van der Waals surface area contributed by atoms with Crippen LogP contribution in [0.15, 0.2) is 40.3 Å². The first kappa shape index (κ1) is 15.3. The molecule has 0 saturated heterocycles. The molecule has 0 amide bonds. The second kappa shape index (κ2) is 6.58. The molecule has 1 heterocycles. The van der Waals surface area contributed by atoms with Gasteiger partial charge in [-0.25, -0.2) is 4.98 Å². The maximum Gasteiger partial charge on any atom is 0.272 e. The summed E-state index contributed by atoms with van der Waals surface area (Å²) in [5.41, 5.74) is 2.90. The van der Waals surface area contributed by atoms with E-state index < -0.39 is 0 Å². The smallest absolute Gasteiger partial charge is 0.272 e. The van der Waals surface area contributed by atoms with E-state index >= 15 is 0 Å². The summed E-state index contributed by atoms with van der Waals surface area (Å²) < 4.78 is 0. The van der Waals surface area contributed by atoms with Crippen LogP contribution < -0.4 is 5.32 Å². The van der Waals surface area contributed by atoms with Crippen molar-refractivity contribution in [3.63, 3.8) is 0 Å². The van der Waals surface area contributed by atoms with Gasteiger partial charge >= 0.3 is 0 Å². The van der Waals surface area contributed by atoms with Crippen LogP contribution >= 0.6 is 11.8 Å². The molecule has 110 valence electrons. The summed E-state index contributed by atoms with van der Waals surface area (Å²) >= 11 is 1.43. The van der Waals surface area contributed by atoms with Gasteiger partial charge in [0, 0.05) is 35.0 Å². The zero-order valence-corrected chi connectivity index (χ0v) is 13.0. The van der Waals surface area contributed by atoms with E-state index in [1.807, 2.05) is 39.0 Å². The lowest BCUT2D eigenvalue weighted by atomic mass is 10.2. The van der Waals surface area contributed by atoms with Crippen molar-refractivity contribution < 1.29 is 4.92 Å². The van der Waals surface area contributed by atoms with Gasteiger partial charge in [-0.05, 0) is 44.5 Å². The van der Waals surface area contributed by atoms with Gasteiger partial charge in [-0.3, -0.25) is 10.1 Å². The molecular formula is C15H17N3O2S. The predicted molar refractivity (Wildman–Crippen MR) is 85.1 cm³/mol. The number of nitrogens with one attached hydrogen (secondary N) is 1. The molecular weight excluding hydrogens is 286 g/mol. The Kier molecular flexibility index (Phi) is 4.80. The van der Waals surface area contributed by atoms with Crippen molar-refractivity contribution in [1.82, 2.24) is 4.98 Å². The fraction of sp³-hybridized carbons (Fsp3) is 0.267. The minimum Gasteiger partial charge on any atom is -0.385 e. The second-order valence-corrected chi connectivity index (χ2v) is 5.82. The van der Waals surface area contributed by atoms with E-state index in [0.717, 1.165) is 26.9 Å². The number of aryl methyl sites for hydroxylation is 2. The Labute approximate surface area is 127 Å². The molecule has 21 heavy (non-hydrogen) atoms. The Morgan fingerprint density at radius 3 is 2.62 bits per heavy atom. The summed E-state index contributed by atoms with van der Waals surface area (Å²) in [6, 6.07) is 9.00. The van der Waals surface area contributed by atoms with E-state index in [1.54, 1.807) is 12.1 Å². The number of hydrogen-bond acceptors (Lipinski definition) is 5. The normalized spacial score (nSPS) is 10.4. The molecule has 0 aliphatic carbocycles. The third-order valence-electron chi connectivity index (χ3n) is 2.78. The molecule has 0 aliphatic rings. The fourth-order valence-electron chi connectivity index (χ4n) is 2.03. The summed E-state index contributed by atoms with van der Waals surface area (Å²) in [7, 11) is 0. The highest BCUT2D eigenvalue weighted by Crippen LogP contribution is 2.32. The first-order valence-corrected chi connectivity index (χ1v) is 7.46. The molecule has 2 rings (SSSR count). The monoisotopic (exact) mass is 303 g/mol. The third-order valence-corrected chi connectivity index (χ3v) is 3.67. The van der Waals surface area contributed by atoms with Gasteiger partial charge in [-0.2, -0.15) is 0 Å². The zero-order valence-electron chi connectivity index (χ0n) is 12.2. The van der Waals surface area contributed by atoms with Gasteiger partial charge in [-0.15, -0.1) is 0 Å². The minimum atomic E-state index is -0.375. The lowest BCUT2D eigenvalue weighted by molar-refractivity contribution is -0.385. The zero-order chi connectivity index (χ0) is 15.4. The van der Waals surface area contributed by atoms with Crippen LogP contribution in [-0.2, 0) is 0 Å². The van der Waals surface area contributed by atoms with E-state index in [1.165, 1.54) is 11.8 Å². The topological polar surface area (TPSA) is 68.1 Å². The van der Waals surface area contributed by atoms with Gasteiger partial charge in [0.15, 0.2) is 0 Å². The molecule has 6 heteroatoms. The highest BCUT2D eigenvalue weighted by atomic mass is 32.2. The Balaban J connectivity index is 2.35. The molecule has 1 aromatic heterocycles. The summed E-state index contributed by atoms with van der Waals surface area (Å²) in [4.78, 5) is 15.9. The van der Waals surface area contributed by atoms with E-state index in [-0.39, 0.29) is 10.6 Å². The molecule has 0 atom stereocenters. The molecule has 2 aromatic rings. The fourth-order valence-corrected chi connectivity index (χ4v) is 3.07. The van der Waals surface area contributed by atoms with Crippen LogP contribution in [0.4, 0.5) is 11.4 Å². The highest BCUT2D eigenvalue weighted by molar-refractivity contribution is 7.99. The number of benzene rings is 1. The number of hydrogen-bond donors (Lipinski definition) is 1. The van der Waals surface area contributed by atoms with E-state index in [9.17, 15) is 10.1 Å². The van der Waals surface area contributed by atoms with Gasteiger partial charge in [-0.1, -0.05) is 11.8 Å². The average molecular weight is 303 g/mol. The Hall–Kier alpha value is -2.08. The van der Waals surface area contributed by atoms with Gasteiger partial charge in [0.05, 0.1) is 4.92 Å². The van der Waals surface area contributed by atoms with Gasteiger partial charge in [0.25, 0.3) is 5.69 Å². The van der Waals surface area contributed by atoms with Crippen LogP contribution in [0.3, 0.4) is 0 Å². The highest BCUT2D eigenvalue weighted by Gasteiger charge is 2.11. The first-order chi connectivity index (χ1) is 9.97. The summed E-state index contributed by atoms with van der Waals surface area (Å²) in [5.74, 6) is 0. The van der Waals surface area contributed by atoms with Crippen LogP contribution in [0.1, 0.15) is 18.2 Å². The lowest BCUT2D eigenvalue weighted by Crippen LogP contribution is -1.98. The van der Waals surface area contributed by atoms with Crippen LogP contribution in [0.2, 0.25) is 0 Å². The largest absolute Gasteiger partial charge is 0.385 e. The van der Waals surface area contributed by atoms with Crippen molar-refractivity contribution >= 4 is 23.1 Å². The second-order valence-electron chi connectivity index (χ2n) is 4.73. The SMILES string of the molecule is CCNc1cc(Sc2cc(C)cc(C)n2)cc([N+](=O)[O-])c1. The van der Waals surface area contributed by atoms with Crippen LogP contribution in [0.5, 0.6) is 0 Å². The van der Waals surface area contributed by atoms with Crippen molar-refractivity contribution in [2.24, 2.45) is 0 Å². The molecule has 0 aliphatic heterocycles. The quantitative estimate of drug-likeness (QED) is 0.662. The van der Waals surface area contributed by atoms with Crippen molar-refractivity contribution in [3.05, 3.63) is 51.7 Å². The lowest BCUT2D eigenvalue weighted by Gasteiger charge is -2.07. The van der Waals surface area contributed by atoms with E-state index in [0.29, 0.717) is 6.54 Å². The molecule has 0 bridgehead atoms. The number of nitrogens with zero attached hydrogens (tertiary/aromatic N) is 2. The van der Waals surface area contributed by atoms with Crippen molar-refractivity contribution in [3.8, 4) is 0 Å². The molecule has 5 nitrogen and oxygen atoms in total. The summed E-state index contributed by atoms with van der Waals surface area (Å²) in [6.45, 7) is 6.62. The summed E-state index contributed by atoms with van der Waals surface area (Å²) in [5, 5.41) is 15.0. The Morgan fingerprint density at radius 1 is 1.24 bits per heavy atom. The summed E-state index contributed by atoms with van der Waals surface area (Å²) in [6.07, 6.45) is 0. The van der Waals surface area contributed by atoms with Crippen molar-refractivity contribution in [1.29, 1.82) is 0 Å². The number of nitro benzene ring substituents is 1. The standard InChI is InChI=1S/C15H17N3O2S/c1-4-16-12-7-13(18(19)20)9-14(8-12)21-15-6-10(2)5-11(3)17-15/h5-9,16H,4H2,1-3H3. The molecule has 0 fully saturated rings. The number of nitro groups is 1. The van der Waals surface area contributed by atoms with Crippen LogP contribution in [-0.4, -0.2) is 16.5 Å². The third kappa shape index (κ3) is 4.19. The molecule has 1 aromatic carbocycles. The van der Waals surface area contributed by atoms with Crippen LogP contribution in [0.25, 0.3) is 0 Å². The van der Waals surface area contributed by atoms with Crippen molar-refractivity contribution in [2.45, 2.75) is 30.7 Å². The number of rotatable bonds is 5.